The first-order valence-electron chi connectivity index (χ1n) is 3.05. The van der Waals surface area contributed by atoms with Gasteiger partial charge in [-0.1, -0.05) is 24.3 Å². The second kappa shape index (κ2) is 5.12. The van der Waals surface area contributed by atoms with E-state index in [1.807, 2.05) is 26.1 Å². The van der Waals surface area contributed by atoms with Crippen molar-refractivity contribution in [2.24, 2.45) is 0 Å². The molecule has 0 aliphatic rings. The molecule has 0 bridgehead atoms. The maximum atomic E-state index is 5.63. The van der Waals surface area contributed by atoms with Crippen LogP contribution in [0, 0.1) is 0 Å². The van der Waals surface area contributed by atoms with Gasteiger partial charge in [-0.05, 0) is 19.1 Å². The zero-order chi connectivity index (χ0) is 7.98. The molecule has 0 amide bonds. The van der Waals surface area contributed by atoms with Crippen molar-refractivity contribution in [3.05, 3.63) is 35.5 Å². The first-order valence-corrected chi connectivity index (χ1v) is 3.42. The molecule has 2 heteroatoms. The highest BCUT2D eigenvalue weighted by Gasteiger charge is 1.85. The van der Waals surface area contributed by atoms with Crippen molar-refractivity contribution in [3.8, 4) is 0 Å². The highest BCUT2D eigenvalue weighted by atomic mass is 35.5. The maximum absolute atomic E-state index is 5.63. The molecule has 0 aromatic rings. The van der Waals surface area contributed by atoms with Gasteiger partial charge in [-0.2, -0.15) is 0 Å². The summed E-state index contributed by atoms with van der Waals surface area (Å²) in [7, 11) is 1.84. The molecule has 0 heterocycles. The SMILES string of the molecule is C=C/C=C(\C=C(/C)Cl)NC. The van der Waals surface area contributed by atoms with Gasteiger partial charge in [-0.3, -0.25) is 0 Å². The van der Waals surface area contributed by atoms with Gasteiger partial charge in [0, 0.05) is 17.8 Å². The van der Waals surface area contributed by atoms with Crippen LogP contribution in [0.25, 0.3) is 0 Å². The summed E-state index contributed by atoms with van der Waals surface area (Å²) in [6.45, 7) is 5.40. The summed E-state index contributed by atoms with van der Waals surface area (Å²) in [5, 5.41) is 3.72. The molecule has 0 saturated heterocycles. The van der Waals surface area contributed by atoms with Crippen LogP contribution in [-0.4, -0.2) is 7.05 Å². The maximum Gasteiger partial charge on any atom is 0.0348 e. The minimum absolute atomic E-state index is 0.752. The lowest BCUT2D eigenvalue weighted by molar-refractivity contribution is 1.03. The van der Waals surface area contributed by atoms with E-state index < -0.39 is 0 Å². The van der Waals surface area contributed by atoms with Gasteiger partial charge in [-0.25, -0.2) is 0 Å². The van der Waals surface area contributed by atoms with Crippen molar-refractivity contribution < 1.29 is 0 Å². The van der Waals surface area contributed by atoms with Gasteiger partial charge in [-0.15, -0.1) is 0 Å². The van der Waals surface area contributed by atoms with Crippen molar-refractivity contribution in [2.75, 3.05) is 7.05 Å². The molecule has 1 N–H and O–H groups in total. The van der Waals surface area contributed by atoms with Gasteiger partial charge in [0.25, 0.3) is 0 Å². The Kier molecular flexibility index (Phi) is 4.77. The molecule has 0 radical (unpaired) electrons. The van der Waals surface area contributed by atoms with E-state index in [4.69, 9.17) is 11.6 Å². The highest BCUT2D eigenvalue weighted by molar-refractivity contribution is 6.29. The molecule has 0 fully saturated rings. The molecule has 0 rings (SSSR count). The van der Waals surface area contributed by atoms with Gasteiger partial charge in [0.05, 0.1) is 0 Å². The van der Waals surface area contributed by atoms with Crippen molar-refractivity contribution in [1.82, 2.24) is 5.32 Å². The fraction of sp³-hybridized carbons (Fsp3) is 0.250. The lowest BCUT2D eigenvalue weighted by Crippen LogP contribution is -2.02. The lowest BCUT2D eigenvalue weighted by Gasteiger charge is -1.97. The molecule has 0 unspecified atom stereocenters. The standard InChI is InChI=1S/C8H12ClN/c1-4-5-8(10-3)6-7(2)9/h4-6,10H,1H2,2-3H3/b7-6+,8-5+. The minimum atomic E-state index is 0.752. The van der Waals surface area contributed by atoms with E-state index in [1.54, 1.807) is 6.08 Å². The van der Waals surface area contributed by atoms with E-state index in [9.17, 15) is 0 Å². The monoisotopic (exact) mass is 157 g/mol. The minimum Gasteiger partial charge on any atom is -0.388 e. The summed E-state index contributed by atoms with van der Waals surface area (Å²) in [6.07, 6.45) is 5.40. The molecule has 0 aliphatic carbocycles. The second-order valence-corrected chi connectivity index (χ2v) is 2.43. The van der Waals surface area contributed by atoms with Crippen LogP contribution in [0.2, 0.25) is 0 Å². The fourth-order valence-corrected chi connectivity index (χ4v) is 0.662. The Morgan fingerprint density at radius 2 is 2.20 bits per heavy atom. The molecule has 0 aromatic heterocycles. The molecule has 0 saturated carbocycles. The first kappa shape index (κ1) is 9.31. The smallest absolute Gasteiger partial charge is 0.0348 e. The summed E-state index contributed by atoms with van der Waals surface area (Å²) in [6, 6.07) is 0. The van der Waals surface area contributed by atoms with E-state index in [0.29, 0.717) is 0 Å². The van der Waals surface area contributed by atoms with Gasteiger partial charge < -0.3 is 5.32 Å². The number of halogens is 1. The van der Waals surface area contributed by atoms with E-state index in [-0.39, 0.29) is 0 Å². The average molecular weight is 158 g/mol. The zero-order valence-corrected chi connectivity index (χ0v) is 7.07. The third-order valence-corrected chi connectivity index (χ3v) is 1.05. The molecule has 10 heavy (non-hydrogen) atoms. The predicted octanol–water partition coefficient (Wildman–Crippen LogP) is 2.42. The lowest BCUT2D eigenvalue weighted by atomic mass is 10.3. The number of likely N-dealkylation sites (N-methyl/N-ethyl adjacent to an activating group) is 1. The molecular formula is C8H12ClN. The van der Waals surface area contributed by atoms with Gasteiger partial charge in [0.2, 0.25) is 0 Å². The van der Waals surface area contributed by atoms with Crippen LogP contribution in [0.4, 0.5) is 0 Å². The quantitative estimate of drug-likeness (QED) is 0.621. The Bertz CT molecular complexity index is 161. The average Bonchev–Trinajstić information content (AvgIpc) is 1.86. The zero-order valence-electron chi connectivity index (χ0n) is 6.32. The Morgan fingerprint density at radius 3 is 2.50 bits per heavy atom. The Balaban J connectivity index is 4.22. The van der Waals surface area contributed by atoms with Gasteiger partial charge in [0.15, 0.2) is 0 Å². The molecule has 1 nitrogen and oxygen atoms in total. The van der Waals surface area contributed by atoms with Gasteiger partial charge in [0.1, 0.15) is 0 Å². The topological polar surface area (TPSA) is 12.0 Å². The third kappa shape index (κ3) is 4.21. The van der Waals surface area contributed by atoms with Gasteiger partial charge >= 0.3 is 0 Å². The Hall–Kier alpha value is -0.690. The number of hydrogen-bond acceptors (Lipinski definition) is 1. The largest absolute Gasteiger partial charge is 0.388 e. The molecule has 0 aromatic carbocycles. The van der Waals surface area contributed by atoms with Crippen molar-refractivity contribution in [1.29, 1.82) is 0 Å². The summed E-state index contributed by atoms with van der Waals surface area (Å²) >= 11 is 5.63. The highest BCUT2D eigenvalue weighted by Crippen LogP contribution is 2.02. The molecule has 0 atom stereocenters. The molecule has 0 spiro atoms. The van der Waals surface area contributed by atoms with Crippen LogP contribution < -0.4 is 5.32 Å². The first-order chi connectivity index (χ1) is 4.70. The third-order valence-electron chi connectivity index (χ3n) is 0.940. The van der Waals surface area contributed by atoms with Crippen LogP contribution >= 0.6 is 11.6 Å². The van der Waals surface area contributed by atoms with Crippen LogP contribution in [0.5, 0.6) is 0 Å². The van der Waals surface area contributed by atoms with Crippen LogP contribution in [-0.2, 0) is 0 Å². The summed E-state index contributed by atoms with van der Waals surface area (Å²) in [4.78, 5) is 0. The van der Waals surface area contributed by atoms with E-state index in [0.717, 1.165) is 10.7 Å². The Labute approximate surface area is 67.1 Å². The van der Waals surface area contributed by atoms with Crippen LogP contribution in [0.1, 0.15) is 6.92 Å². The summed E-state index contributed by atoms with van der Waals surface area (Å²) in [5.74, 6) is 0. The van der Waals surface area contributed by atoms with Crippen molar-refractivity contribution in [2.45, 2.75) is 6.92 Å². The van der Waals surface area contributed by atoms with Crippen LogP contribution in [0.3, 0.4) is 0 Å². The van der Waals surface area contributed by atoms with E-state index in [1.165, 1.54) is 0 Å². The van der Waals surface area contributed by atoms with E-state index >= 15 is 0 Å². The second-order valence-electron chi connectivity index (χ2n) is 1.84. The fourth-order valence-electron chi connectivity index (χ4n) is 0.545. The molecule has 56 valence electrons. The van der Waals surface area contributed by atoms with E-state index in [2.05, 4.69) is 11.9 Å². The summed E-state index contributed by atoms with van der Waals surface area (Å²) < 4.78 is 0. The Morgan fingerprint density at radius 1 is 1.60 bits per heavy atom. The normalized spacial score (nSPS) is 13.1. The van der Waals surface area contributed by atoms with Crippen molar-refractivity contribution in [3.63, 3.8) is 0 Å². The number of hydrogen-bond donors (Lipinski definition) is 1. The molecular weight excluding hydrogens is 146 g/mol. The summed E-state index contributed by atoms with van der Waals surface area (Å²) in [5.41, 5.74) is 0.961. The number of nitrogens with one attached hydrogen (secondary N) is 1. The number of rotatable bonds is 3. The van der Waals surface area contributed by atoms with Crippen LogP contribution in [0.15, 0.2) is 35.5 Å². The predicted molar refractivity (Wildman–Crippen MR) is 46.9 cm³/mol. The molecule has 0 aliphatic heterocycles. The van der Waals surface area contributed by atoms with Crippen molar-refractivity contribution >= 4 is 11.6 Å². The number of allylic oxidation sites excluding steroid dienone is 4.